The lowest BCUT2D eigenvalue weighted by Gasteiger charge is -2.32. The van der Waals surface area contributed by atoms with Gasteiger partial charge in [-0.25, -0.2) is 8.78 Å². The van der Waals surface area contributed by atoms with Gasteiger partial charge in [0, 0.05) is 42.5 Å². The molecule has 2 saturated heterocycles. The number of likely N-dealkylation sites (tertiary alicyclic amines) is 2. The second-order valence-electron chi connectivity index (χ2n) is 12.5. The minimum Gasteiger partial charge on any atom is -0.467 e. The van der Waals surface area contributed by atoms with Crippen LogP contribution in [0.15, 0.2) is 36.9 Å². The van der Waals surface area contributed by atoms with Gasteiger partial charge in [0.15, 0.2) is 5.82 Å². The van der Waals surface area contributed by atoms with Crippen LogP contribution < -0.4 is 15.4 Å². The summed E-state index contributed by atoms with van der Waals surface area (Å²) in [5.74, 6) is -0.900. The summed E-state index contributed by atoms with van der Waals surface area (Å²) in [6.45, 7) is 8.82. The smallest absolute Gasteiger partial charge is 0.318 e. The number of benzene rings is 2. The Morgan fingerprint density at radius 3 is 2.57 bits per heavy atom. The number of nitrogens with two attached hydrogens (primary N) is 1. The van der Waals surface area contributed by atoms with Crippen LogP contribution in [-0.2, 0) is 4.79 Å². The summed E-state index contributed by atoms with van der Waals surface area (Å²) in [6.07, 6.45) is 6.48. The molecular formula is C34H37F2N7O2S. The summed E-state index contributed by atoms with van der Waals surface area (Å²) >= 11 is 0.950. The lowest BCUT2D eigenvalue weighted by atomic mass is 9.97. The molecule has 2 aliphatic heterocycles. The Hall–Kier alpha value is -4.34. The summed E-state index contributed by atoms with van der Waals surface area (Å²) < 4.78 is 36.3. The highest BCUT2D eigenvalue weighted by molar-refractivity contribution is 7.23. The Bertz CT molecular complexity index is 1900. The van der Waals surface area contributed by atoms with Crippen molar-refractivity contribution in [3.8, 4) is 23.2 Å². The molecule has 240 valence electrons. The van der Waals surface area contributed by atoms with E-state index in [1.165, 1.54) is 57.7 Å². The molecule has 2 atom stereocenters. The van der Waals surface area contributed by atoms with Crippen molar-refractivity contribution in [2.75, 3.05) is 51.5 Å². The molecule has 1 saturated carbocycles. The van der Waals surface area contributed by atoms with Gasteiger partial charge in [0.25, 0.3) is 0 Å². The van der Waals surface area contributed by atoms with Crippen LogP contribution in [0.3, 0.4) is 0 Å². The number of fused-ring (bicyclic) bond motifs is 2. The number of carbonyl (C=O) groups is 1. The van der Waals surface area contributed by atoms with Gasteiger partial charge in [0.05, 0.1) is 23.4 Å². The number of carbonyl (C=O) groups excluding carboxylic acids is 1. The maximum atomic E-state index is 16.2. The van der Waals surface area contributed by atoms with Gasteiger partial charge in [-0.1, -0.05) is 18.7 Å². The van der Waals surface area contributed by atoms with E-state index in [2.05, 4.69) is 28.5 Å². The van der Waals surface area contributed by atoms with E-state index in [0.717, 1.165) is 16.8 Å². The van der Waals surface area contributed by atoms with Gasteiger partial charge in [-0.3, -0.25) is 4.79 Å². The van der Waals surface area contributed by atoms with Crippen molar-refractivity contribution < 1.29 is 18.3 Å². The maximum Gasteiger partial charge on any atom is 0.318 e. The number of likely N-dealkylation sites (N-methyl/N-ethyl adjacent to an activating group) is 1. The van der Waals surface area contributed by atoms with Crippen molar-refractivity contribution in [2.24, 2.45) is 5.41 Å². The Morgan fingerprint density at radius 1 is 1.22 bits per heavy atom. The van der Waals surface area contributed by atoms with E-state index in [9.17, 15) is 14.4 Å². The monoisotopic (exact) mass is 645 g/mol. The lowest BCUT2D eigenvalue weighted by molar-refractivity contribution is -0.126. The molecule has 2 aromatic heterocycles. The Kier molecular flexibility index (Phi) is 8.33. The number of nitriles is 1. The number of thiophene rings is 1. The van der Waals surface area contributed by atoms with Crippen LogP contribution in [-0.4, -0.2) is 78.6 Å². The molecule has 2 unspecified atom stereocenters. The number of ether oxygens (including phenoxy) is 1. The number of nitrogens with zero attached hydrogens (tertiary/aromatic N) is 6. The molecular weight excluding hydrogens is 608 g/mol. The highest BCUT2D eigenvalue weighted by atomic mass is 32.1. The molecule has 9 nitrogen and oxygen atoms in total. The van der Waals surface area contributed by atoms with E-state index in [4.69, 9.17) is 10.5 Å². The van der Waals surface area contributed by atoms with E-state index in [1.807, 2.05) is 24.9 Å². The normalized spacial score (nSPS) is 20.1. The largest absolute Gasteiger partial charge is 0.467 e. The molecule has 3 fully saturated rings. The zero-order valence-corrected chi connectivity index (χ0v) is 27.3. The molecule has 3 aliphatic rings. The SMILES string of the molecule is C=CC(=O)N1CCC(N(C)c2nc(OC)nc3c(F)c(-c4ccc(F)c5sc(N)c(C#N)c45)ccc23)C1C.CN1CCC2(CC2)C1. The molecule has 1 aliphatic carbocycles. The fraction of sp³-hybridized carbons (Fsp3) is 0.412. The summed E-state index contributed by atoms with van der Waals surface area (Å²) in [6, 6.07) is 7.70. The molecule has 2 N–H and O–H groups in total. The fourth-order valence-corrected chi connectivity index (χ4v) is 7.94. The highest BCUT2D eigenvalue weighted by Crippen LogP contribution is 2.52. The molecule has 7 rings (SSSR count). The number of anilines is 2. The number of methoxy groups -OCH3 is 1. The van der Waals surface area contributed by atoms with Gasteiger partial charge in [-0.2, -0.15) is 15.2 Å². The Morgan fingerprint density at radius 2 is 1.96 bits per heavy atom. The topological polar surface area (TPSA) is 112 Å². The van der Waals surface area contributed by atoms with Gasteiger partial charge in [0.2, 0.25) is 5.91 Å². The minimum atomic E-state index is -0.664. The van der Waals surface area contributed by atoms with Crippen LogP contribution in [0.2, 0.25) is 0 Å². The first-order valence-electron chi connectivity index (χ1n) is 15.3. The fourth-order valence-electron chi connectivity index (χ4n) is 6.99. The molecule has 1 amide bonds. The van der Waals surface area contributed by atoms with Crippen LogP contribution in [0.4, 0.5) is 19.6 Å². The Labute approximate surface area is 270 Å². The summed E-state index contributed by atoms with van der Waals surface area (Å²) in [7, 11) is 5.46. The van der Waals surface area contributed by atoms with E-state index in [-0.39, 0.29) is 55.7 Å². The van der Waals surface area contributed by atoms with E-state index < -0.39 is 11.6 Å². The molecule has 46 heavy (non-hydrogen) atoms. The second kappa shape index (κ2) is 12.1. The molecule has 4 aromatic rings. The maximum absolute atomic E-state index is 16.2. The first-order chi connectivity index (χ1) is 22.0. The lowest BCUT2D eigenvalue weighted by Crippen LogP contribution is -2.43. The third kappa shape index (κ3) is 5.41. The van der Waals surface area contributed by atoms with Crippen LogP contribution >= 0.6 is 11.3 Å². The predicted molar refractivity (Wildman–Crippen MR) is 178 cm³/mol. The van der Waals surface area contributed by atoms with E-state index in [1.54, 1.807) is 17.0 Å². The first-order valence-corrected chi connectivity index (χ1v) is 16.1. The van der Waals surface area contributed by atoms with Gasteiger partial charge >= 0.3 is 6.01 Å². The average molecular weight is 646 g/mol. The number of aromatic nitrogens is 2. The van der Waals surface area contributed by atoms with Gasteiger partial charge in [-0.15, -0.1) is 11.3 Å². The van der Waals surface area contributed by atoms with Crippen molar-refractivity contribution in [3.05, 3.63) is 54.1 Å². The third-order valence-electron chi connectivity index (χ3n) is 9.76. The number of rotatable bonds is 5. The highest BCUT2D eigenvalue weighted by Gasteiger charge is 2.46. The standard InChI is InChI=1S/C27H24F2N6O2S.C7H13N/c1-5-20(36)35-11-10-19(13(35)2)34(3)26-16-7-6-15(22(29)23(16)32-27(33-26)37-4)14-8-9-18(28)24-21(14)17(12-30)25(31)38-24;1-8-5-4-7(6-8)2-3-7/h5-9,13,19H,1,10-11,31H2,2-4H3;2-6H2,1H3. The van der Waals surface area contributed by atoms with Crippen LogP contribution in [0.5, 0.6) is 6.01 Å². The van der Waals surface area contributed by atoms with Crippen molar-refractivity contribution in [1.29, 1.82) is 5.26 Å². The molecule has 12 heteroatoms. The van der Waals surface area contributed by atoms with Crippen LogP contribution in [0.25, 0.3) is 32.1 Å². The molecule has 0 radical (unpaired) electrons. The van der Waals surface area contributed by atoms with E-state index >= 15 is 4.39 Å². The van der Waals surface area contributed by atoms with Crippen molar-refractivity contribution >= 4 is 49.1 Å². The molecule has 1 spiro atoms. The zero-order valence-electron chi connectivity index (χ0n) is 26.4. The van der Waals surface area contributed by atoms with Crippen molar-refractivity contribution in [1.82, 2.24) is 19.8 Å². The number of nitrogen functional groups attached to an aromatic ring is 1. The molecule has 2 aromatic carbocycles. The molecule has 4 heterocycles. The third-order valence-corrected chi connectivity index (χ3v) is 10.8. The molecule has 0 bridgehead atoms. The van der Waals surface area contributed by atoms with Gasteiger partial charge in [0.1, 0.15) is 28.2 Å². The van der Waals surface area contributed by atoms with Crippen LogP contribution in [0.1, 0.15) is 38.2 Å². The van der Waals surface area contributed by atoms with Crippen molar-refractivity contribution in [2.45, 2.75) is 44.7 Å². The summed E-state index contributed by atoms with van der Waals surface area (Å²) in [4.78, 5) is 27.2. The number of hydrogen-bond donors (Lipinski definition) is 1. The van der Waals surface area contributed by atoms with Crippen molar-refractivity contribution in [3.63, 3.8) is 0 Å². The number of halogens is 2. The summed E-state index contributed by atoms with van der Waals surface area (Å²) in [5.41, 5.74) is 7.41. The zero-order chi connectivity index (χ0) is 32.9. The van der Waals surface area contributed by atoms with E-state index in [0.29, 0.717) is 29.7 Å². The van der Waals surface area contributed by atoms with Gasteiger partial charge in [-0.05, 0) is 75.4 Å². The predicted octanol–water partition coefficient (Wildman–Crippen LogP) is 5.97. The average Bonchev–Trinajstić information content (AvgIpc) is 3.34. The first kappa shape index (κ1) is 31.6. The number of amides is 1. The quantitative estimate of drug-likeness (QED) is 0.265. The number of hydrogen-bond acceptors (Lipinski definition) is 9. The van der Waals surface area contributed by atoms with Gasteiger partial charge < -0.3 is 25.2 Å². The second-order valence-corrected chi connectivity index (χ2v) is 13.6. The summed E-state index contributed by atoms with van der Waals surface area (Å²) in [5, 5.41) is 10.5. The minimum absolute atomic E-state index is 0.0139. The van der Waals surface area contributed by atoms with Crippen LogP contribution in [0, 0.1) is 28.4 Å². The Balaban J connectivity index is 0.000000400.